The summed E-state index contributed by atoms with van der Waals surface area (Å²) in [6.07, 6.45) is 0. The SMILES string of the molecule is Cc1nc(Cl)sc1S(=O)(=O)N(C)C(C)c1ccccc1Cl. The molecule has 0 aliphatic rings. The molecule has 0 spiro atoms. The smallest absolute Gasteiger partial charge is 0.229 e. The van der Waals surface area contributed by atoms with Crippen LogP contribution in [-0.2, 0) is 10.0 Å². The lowest BCUT2D eigenvalue weighted by Crippen LogP contribution is -2.29. The molecule has 0 bridgehead atoms. The van der Waals surface area contributed by atoms with Crippen molar-refractivity contribution in [1.82, 2.24) is 9.29 Å². The van der Waals surface area contributed by atoms with Gasteiger partial charge in [-0.2, -0.15) is 4.31 Å². The maximum absolute atomic E-state index is 12.7. The van der Waals surface area contributed by atoms with Crippen molar-refractivity contribution in [2.45, 2.75) is 24.1 Å². The Bertz CT molecular complexity index is 759. The van der Waals surface area contributed by atoms with E-state index in [0.717, 1.165) is 16.9 Å². The van der Waals surface area contributed by atoms with Gasteiger partial charge in [-0.15, -0.1) is 0 Å². The van der Waals surface area contributed by atoms with E-state index < -0.39 is 16.1 Å². The van der Waals surface area contributed by atoms with Crippen molar-refractivity contribution in [2.24, 2.45) is 0 Å². The topological polar surface area (TPSA) is 50.3 Å². The van der Waals surface area contributed by atoms with Gasteiger partial charge in [-0.3, -0.25) is 0 Å². The van der Waals surface area contributed by atoms with Crippen LogP contribution in [0, 0.1) is 6.92 Å². The van der Waals surface area contributed by atoms with Gasteiger partial charge in [-0.05, 0) is 25.5 Å². The highest BCUT2D eigenvalue weighted by molar-refractivity contribution is 7.91. The Balaban J connectivity index is 2.41. The van der Waals surface area contributed by atoms with E-state index >= 15 is 0 Å². The normalized spacial score (nSPS) is 13.6. The van der Waals surface area contributed by atoms with E-state index in [0.29, 0.717) is 10.7 Å². The van der Waals surface area contributed by atoms with E-state index in [1.807, 2.05) is 12.1 Å². The molecule has 1 aromatic carbocycles. The van der Waals surface area contributed by atoms with Crippen LogP contribution >= 0.6 is 34.5 Å². The molecule has 1 heterocycles. The van der Waals surface area contributed by atoms with Gasteiger partial charge in [0, 0.05) is 18.1 Å². The molecule has 0 saturated carbocycles. The van der Waals surface area contributed by atoms with Gasteiger partial charge in [-0.1, -0.05) is 52.7 Å². The molecule has 0 aliphatic heterocycles. The first kappa shape index (κ1) is 16.7. The Morgan fingerprint density at radius 1 is 1.29 bits per heavy atom. The summed E-state index contributed by atoms with van der Waals surface area (Å²) in [6, 6.07) is 6.78. The summed E-state index contributed by atoms with van der Waals surface area (Å²) < 4.78 is 27.0. The molecule has 2 rings (SSSR count). The van der Waals surface area contributed by atoms with Gasteiger partial charge in [-0.25, -0.2) is 13.4 Å². The predicted molar refractivity (Wildman–Crippen MR) is 86.7 cm³/mol. The summed E-state index contributed by atoms with van der Waals surface area (Å²) in [7, 11) is -2.14. The van der Waals surface area contributed by atoms with E-state index in [2.05, 4.69) is 4.98 Å². The summed E-state index contributed by atoms with van der Waals surface area (Å²) >= 11 is 12.9. The quantitative estimate of drug-likeness (QED) is 0.818. The number of aryl methyl sites for hydroxylation is 1. The second kappa shape index (κ2) is 6.22. The number of thiazole rings is 1. The van der Waals surface area contributed by atoms with Gasteiger partial charge < -0.3 is 0 Å². The first-order chi connectivity index (χ1) is 9.75. The number of hydrogen-bond donors (Lipinski definition) is 0. The monoisotopic (exact) mass is 364 g/mol. The Kier molecular flexibility index (Phi) is 4.95. The van der Waals surface area contributed by atoms with Crippen LogP contribution in [0.5, 0.6) is 0 Å². The zero-order valence-corrected chi connectivity index (χ0v) is 14.8. The molecular weight excluding hydrogens is 351 g/mol. The third-order valence-electron chi connectivity index (χ3n) is 3.24. The number of sulfonamides is 1. The van der Waals surface area contributed by atoms with E-state index in [1.54, 1.807) is 26.0 Å². The van der Waals surface area contributed by atoms with Crippen LogP contribution in [0.4, 0.5) is 0 Å². The zero-order valence-electron chi connectivity index (χ0n) is 11.7. The van der Waals surface area contributed by atoms with Crippen LogP contribution in [0.3, 0.4) is 0 Å². The van der Waals surface area contributed by atoms with E-state index in [9.17, 15) is 8.42 Å². The molecule has 0 saturated heterocycles. The average Bonchev–Trinajstić information content (AvgIpc) is 2.77. The van der Waals surface area contributed by atoms with E-state index in [1.165, 1.54) is 11.4 Å². The molecular formula is C13H14Cl2N2O2S2. The van der Waals surface area contributed by atoms with E-state index in [-0.39, 0.29) is 8.68 Å². The van der Waals surface area contributed by atoms with Gasteiger partial charge in [0.25, 0.3) is 10.0 Å². The average molecular weight is 365 g/mol. The van der Waals surface area contributed by atoms with Crippen LogP contribution in [0.1, 0.15) is 24.2 Å². The van der Waals surface area contributed by atoms with Gasteiger partial charge in [0.15, 0.2) is 8.68 Å². The fourth-order valence-electron chi connectivity index (χ4n) is 1.94. The van der Waals surface area contributed by atoms with Crippen LogP contribution in [0.15, 0.2) is 28.5 Å². The van der Waals surface area contributed by atoms with Crippen molar-refractivity contribution in [3.8, 4) is 0 Å². The minimum absolute atomic E-state index is 0.161. The summed E-state index contributed by atoms with van der Waals surface area (Å²) in [5.41, 5.74) is 1.15. The first-order valence-corrected chi connectivity index (χ1v) is 9.11. The van der Waals surface area contributed by atoms with Gasteiger partial charge in [0.05, 0.1) is 5.69 Å². The van der Waals surface area contributed by atoms with E-state index in [4.69, 9.17) is 23.2 Å². The highest BCUT2D eigenvalue weighted by Crippen LogP contribution is 2.34. The molecule has 1 atom stereocenters. The standard InChI is InChI=1S/C13H14Cl2N2O2S2/c1-8-12(20-13(15)16-8)21(18,19)17(3)9(2)10-6-4-5-7-11(10)14/h4-7,9H,1-3H3. The Morgan fingerprint density at radius 3 is 2.43 bits per heavy atom. The van der Waals surface area contributed by atoms with Crippen molar-refractivity contribution >= 4 is 44.6 Å². The lowest BCUT2D eigenvalue weighted by molar-refractivity contribution is 0.399. The predicted octanol–water partition coefficient (Wildman–Crippen LogP) is 4.14. The summed E-state index contributed by atoms with van der Waals surface area (Å²) in [4.78, 5) is 3.96. The molecule has 21 heavy (non-hydrogen) atoms. The van der Waals surface area contributed by atoms with Crippen LogP contribution in [0.2, 0.25) is 9.49 Å². The first-order valence-electron chi connectivity index (χ1n) is 6.10. The fraction of sp³-hybridized carbons (Fsp3) is 0.308. The summed E-state index contributed by atoms with van der Waals surface area (Å²) in [5.74, 6) is 0. The highest BCUT2D eigenvalue weighted by atomic mass is 35.5. The fourth-order valence-corrected chi connectivity index (χ4v) is 5.48. The lowest BCUT2D eigenvalue weighted by Gasteiger charge is -2.24. The third-order valence-corrected chi connectivity index (χ3v) is 7.36. The Labute approximate surface area is 138 Å². The number of benzene rings is 1. The van der Waals surface area contributed by atoms with Gasteiger partial charge in [0.1, 0.15) is 0 Å². The van der Waals surface area contributed by atoms with Crippen molar-refractivity contribution in [1.29, 1.82) is 0 Å². The molecule has 1 aromatic heterocycles. The second-order valence-corrected chi connectivity index (χ2v) is 8.74. The van der Waals surface area contributed by atoms with Crippen molar-refractivity contribution < 1.29 is 8.42 Å². The molecule has 114 valence electrons. The van der Waals surface area contributed by atoms with Gasteiger partial charge >= 0.3 is 0 Å². The Morgan fingerprint density at radius 2 is 1.90 bits per heavy atom. The zero-order chi connectivity index (χ0) is 15.8. The molecule has 8 heteroatoms. The van der Waals surface area contributed by atoms with Crippen molar-refractivity contribution in [3.05, 3.63) is 45.0 Å². The van der Waals surface area contributed by atoms with Crippen molar-refractivity contribution in [2.75, 3.05) is 7.05 Å². The third kappa shape index (κ3) is 3.24. The van der Waals surface area contributed by atoms with Crippen molar-refractivity contribution in [3.63, 3.8) is 0 Å². The van der Waals surface area contributed by atoms with Gasteiger partial charge in [0.2, 0.25) is 0 Å². The molecule has 0 fully saturated rings. The second-order valence-electron chi connectivity index (χ2n) is 4.56. The maximum Gasteiger partial charge on any atom is 0.254 e. The molecule has 4 nitrogen and oxygen atoms in total. The molecule has 0 N–H and O–H groups in total. The summed E-state index contributed by atoms with van der Waals surface area (Å²) in [5, 5.41) is 0.533. The Hall–Kier alpha value is -0.660. The molecule has 0 aliphatic carbocycles. The molecule has 0 radical (unpaired) electrons. The lowest BCUT2D eigenvalue weighted by atomic mass is 10.1. The van der Waals surface area contributed by atoms with Crippen LogP contribution in [-0.4, -0.2) is 24.8 Å². The maximum atomic E-state index is 12.7. The minimum atomic E-state index is -3.67. The number of nitrogens with zero attached hydrogens (tertiary/aromatic N) is 2. The molecule has 0 amide bonds. The number of rotatable bonds is 4. The summed E-state index contributed by atoms with van der Waals surface area (Å²) in [6.45, 7) is 3.42. The molecule has 2 aromatic rings. The minimum Gasteiger partial charge on any atom is -0.229 e. The number of hydrogen-bond acceptors (Lipinski definition) is 4. The van der Waals surface area contributed by atoms with Crippen LogP contribution in [0.25, 0.3) is 0 Å². The number of halogens is 2. The molecule has 1 unspecified atom stereocenters. The van der Waals surface area contributed by atoms with Crippen LogP contribution < -0.4 is 0 Å². The largest absolute Gasteiger partial charge is 0.254 e. The number of aromatic nitrogens is 1. The highest BCUT2D eigenvalue weighted by Gasteiger charge is 2.30.